The van der Waals surface area contributed by atoms with Crippen LogP contribution in [-0.2, 0) is 6.61 Å². The molecule has 6 aromatic rings. The summed E-state index contributed by atoms with van der Waals surface area (Å²) in [7, 11) is 0. The van der Waals surface area contributed by atoms with Gasteiger partial charge in [-0.1, -0.05) is 71.5 Å². The number of benzene rings is 3. The van der Waals surface area contributed by atoms with Crippen molar-refractivity contribution in [1.29, 1.82) is 0 Å². The quantitative estimate of drug-likeness (QED) is 0.321. The van der Waals surface area contributed by atoms with Crippen LogP contribution in [0, 0.1) is 0 Å². The van der Waals surface area contributed by atoms with Crippen LogP contribution in [0.25, 0.3) is 28.0 Å². The zero-order valence-corrected chi connectivity index (χ0v) is 20.4. The van der Waals surface area contributed by atoms with E-state index in [4.69, 9.17) is 21.4 Å². The first-order valence-corrected chi connectivity index (χ1v) is 12.3. The second-order valence-corrected chi connectivity index (χ2v) is 9.41. The van der Waals surface area contributed by atoms with Gasteiger partial charge in [-0.15, -0.1) is 5.10 Å². The van der Waals surface area contributed by atoms with E-state index in [1.54, 1.807) is 4.68 Å². The number of halogens is 1. The van der Waals surface area contributed by atoms with Crippen molar-refractivity contribution < 1.29 is 4.74 Å². The van der Waals surface area contributed by atoms with E-state index in [2.05, 4.69) is 10.1 Å². The van der Waals surface area contributed by atoms with E-state index in [1.165, 1.54) is 15.9 Å². The van der Waals surface area contributed by atoms with Gasteiger partial charge in [-0.3, -0.25) is 4.79 Å². The van der Waals surface area contributed by atoms with Gasteiger partial charge < -0.3 is 4.74 Å². The van der Waals surface area contributed by atoms with Crippen LogP contribution in [-0.4, -0.2) is 24.4 Å². The van der Waals surface area contributed by atoms with Crippen molar-refractivity contribution in [3.05, 3.63) is 122 Å². The van der Waals surface area contributed by atoms with Gasteiger partial charge in [0.2, 0.25) is 4.96 Å². The number of hydrogen-bond acceptors (Lipinski definition) is 6. The standard InChI is InChI=1S/C27H18ClN5O2S/c28-20-13-11-18(12-14-20)25-19(16-32(31-25)21-7-3-1-4-8-21)15-23-26(34)33-27(36-23)29-24(30-33)17-35-22-9-5-2-6-10-22/h1-16H,17H2/b23-15-. The van der Waals surface area contributed by atoms with Crippen LogP contribution < -0.4 is 14.8 Å². The summed E-state index contributed by atoms with van der Waals surface area (Å²) in [5.74, 6) is 1.17. The highest BCUT2D eigenvalue weighted by Crippen LogP contribution is 2.26. The lowest BCUT2D eigenvalue weighted by molar-refractivity contribution is 0.296. The number of ether oxygens (including phenoxy) is 1. The highest BCUT2D eigenvalue weighted by atomic mass is 35.5. The number of aromatic nitrogens is 5. The second-order valence-electron chi connectivity index (χ2n) is 7.96. The number of hydrogen-bond donors (Lipinski definition) is 0. The molecule has 0 radical (unpaired) electrons. The average molecular weight is 512 g/mol. The monoisotopic (exact) mass is 511 g/mol. The van der Waals surface area contributed by atoms with Crippen molar-refractivity contribution >= 4 is 34.0 Å². The van der Waals surface area contributed by atoms with Crippen molar-refractivity contribution in [3.63, 3.8) is 0 Å². The van der Waals surface area contributed by atoms with Gasteiger partial charge in [0.1, 0.15) is 18.1 Å². The smallest absolute Gasteiger partial charge is 0.291 e. The molecule has 6 rings (SSSR count). The van der Waals surface area contributed by atoms with Crippen molar-refractivity contribution in [2.24, 2.45) is 0 Å². The number of nitrogens with zero attached hydrogens (tertiary/aromatic N) is 5. The SMILES string of the molecule is O=c1/c(=C/c2cn(-c3ccccc3)nc2-c2ccc(Cl)cc2)sc2nc(COc3ccccc3)nn12. The molecule has 0 aliphatic carbocycles. The Morgan fingerprint density at radius 3 is 2.36 bits per heavy atom. The molecule has 0 fully saturated rings. The molecule has 0 aliphatic rings. The molecule has 3 aromatic carbocycles. The van der Waals surface area contributed by atoms with Crippen LogP contribution in [0.3, 0.4) is 0 Å². The van der Waals surface area contributed by atoms with Gasteiger partial charge >= 0.3 is 0 Å². The van der Waals surface area contributed by atoms with Crippen molar-refractivity contribution in [2.45, 2.75) is 6.61 Å². The maximum atomic E-state index is 13.1. The Morgan fingerprint density at radius 2 is 1.64 bits per heavy atom. The molecule has 0 amide bonds. The summed E-state index contributed by atoms with van der Waals surface area (Å²) in [6.07, 6.45) is 3.74. The third-order valence-corrected chi connectivity index (χ3v) is 6.72. The van der Waals surface area contributed by atoms with Crippen molar-refractivity contribution in [1.82, 2.24) is 24.4 Å². The summed E-state index contributed by atoms with van der Waals surface area (Å²) in [4.78, 5) is 18.1. The van der Waals surface area contributed by atoms with Crippen molar-refractivity contribution in [3.8, 4) is 22.7 Å². The Hall–Kier alpha value is -4.27. The van der Waals surface area contributed by atoms with E-state index in [9.17, 15) is 4.79 Å². The van der Waals surface area contributed by atoms with Crippen LogP contribution >= 0.6 is 22.9 Å². The zero-order valence-electron chi connectivity index (χ0n) is 18.8. The molecule has 0 saturated carbocycles. The van der Waals surface area contributed by atoms with E-state index in [0.717, 1.165) is 28.3 Å². The summed E-state index contributed by atoms with van der Waals surface area (Å²) in [5.41, 5.74) is 3.12. The molecule has 3 heterocycles. The molecular weight excluding hydrogens is 494 g/mol. The van der Waals surface area contributed by atoms with Gasteiger partial charge in [-0.2, -0.15) is 14.6 Å². The second kappa shape index (κ2) is 9.41. The Balaban J connectivity index is 1.38. The molecule has 0 unspecified atom stereocenters. The molecule has 9 heteroatoms. The van der Waals surface area contributed by atoms with E-state index >= 15 is 0 Å². The number of para-hydroxylation sites is 2. The van der Waals surface area contributed by atoms with E-state index in [1.807, 2.05) is 97.2 Å². The lowest BCUT2D eigenvalue weighted by Gasteiger charge is -2.01. The normalized spacial score (nSPS) is 11.9. The average Bonchev–Trinajstić information content (AvgIpc) is 3.59. The van der Waals surface area contributed by atoms with E-state index in [0.29, 0.717) is 20.3 Å². The molecule has 0 aliphatic heterocycles. The minimum atomic E-state index is -0.233. The zero-order chi connectivity index (χ0) is 24.5. The Bertz CT molecular complexity index is 1760. The number of rotatable bonds is 6. The Morgan fingerprint density at radius 1 is 0.917 bits per heavy atom. The molecule has 36 heavy (non-hydrogen) atoms. The third kappa shape index (κ3) is 4.39. The minimum absolute atomic E-state index is 0.182. The summed E-state index contributed by atoms with van der Waals surface area (Å²) in [6.45, 7) is 0.182. The summed E-state index contributed by atoms with van der Waals surface area (Å²) < 4.78 is 9.35. The maximum absolute atomic E-state index is 13.1. The van der Waals surface area contributed by atoms with Crippen molar-refractivity contribution in [2.75, 3.05) is 0 Å². The topological polar surface area (TPSA) is 74.3 Å². The highest BCUT2D eigenvalue weighted by molar-refractivity contribution is 7.15. The minimum Gasteiger partial charge on any atom is -0.486 e. The Labute approximate surface area is 214 Å². The molecule has 0 bridgehead atoms. The highest BCUT2D eigenvalue weighted by Gasteiger charge is 2.14. The molecule has 176 valence electrons. The van der Waals surface area contributed by atoms with Gasteiger partial charge in [-0.05, 0) is 42.5 Å². The largest absolute Gasteiger partial charge is 0.486 e. The summed E-state index contributed by atoms with van der Waals surface area (Å²) >= 11 is 7.37. The predicted octanol–water partition coefficient (Wildman–Crippen LogP) is 4.78. The molecule has 3 aromatic heterocycles. The van der Waals surface area contributed by atoms with Gasteiger partial charge in [0.25, 0.3) is 5.56 Å². The van der Waals surface area contributed by atoms with E-state index in [-0.39, 0.29) is 12.2 Å². The fraction of sp³-hybridized carbons (Fsp3) is 0.0370. The molecule has 0 spiro atoms. The first kappa shape index (κ1) is 22.2. The first-order chi connectivity index (χ1) is 17.6. The fourth-order valence-corrected chi connectivity index (χ4v) is 4.82. The van der Waals surface area contributed by atoms with E-state index < -0.39 is 0 Å². The third-order valence-electron chi connectivity index (χ3n) is 5.50. The lowest BCUT2D eigenvalue weighted by Crippen LogP contribution is -2.24. The van der Waals surface area contributed by atoms with Crippen LogP contribution in [0.1, 0.15) is 11.4 Å². The van der Waals surface area contributed by atoms with Gasteiger partial charge in [0.05, 0.1) is 10.2 Å². The maximum Gasteiger partial charge on any atom is 0.291 e. The first-order valence-electron chi connectivity index (χ1n) is 11.1. The van der Waals surface area contributed by atoms with Gasteiger partial charge in [0, 0.05) is 22.3 Å². The van der Waals surface area contributed by atoms with Crippen LogP contribution in [0.2, 0.25) is 5.02 Å². The molecule has 0 saturated heterocycles. The molecule has 7 nitrogen and oxygen atoms in total. The lowest BCUT2D eigenvalue weighted by atomic mass is 10.1. The molecule has 0 atom stereocenters. The number of thiazole rings is 1. The summed E-state index contributed by atoms with van der Waals surface area (Å²) in [6, 6.07) is 26.7. The molecular formula is C27H18ClN5O2S. The predicted molar refractivity (Wildman–Crippen MR) is 141 cm³/mol. The fourth-order valence-electron chi connectivity index (χ4n) is 3.78. The van der Waals surface area contributed by atoms with Crippen LogP contribution in [0.5, 0.6) is 5.75 Å². The Kier molecular flexibility index (Phi) is 5.80. The summed E-state index contributed by atoms with van der Waals surface area (Å²) in [5, 5.41) is 9.81. The van der Waals surface area contributed by atoms with Crippen LogP contribution in [0.15, 0.2) is 95.9 Å². The molecule has 0 N–H and O–H groups in total. The van der Waals surface area contributed by atoms with Crippen LogP contribution in [0.4, 0.5) is 0 Å². The van der Waals surface area contributed by atoms with Gasteiger partial charge in [0.15, 0.2) is 5.82 Å². The van der Waals surface area contributed by atoms with Gasteiger partial charge in [-0.25, -0.2) is 4.68 Å². The number of fused-ring (bicyclic) bond motifs is 1.